The van der Waals surface area contributed by atoms with E-state index >= 15 is 0 Å². The summed E-state index contributed by atoms with van der Waals surface area (Å²) in [6, 6.07) is -0.00523. The van der Waals surface area contributed by atoms with Crippen molar-refractivity contribution in [2.75, 3.05) is 6.54 Å². The number of nitrogens with zero attached hydrogens (tertiary/aromatic N) is 3. The van der Waals surface area contributed by atoms with E-state index < -0.39 is 23.8 Å². The van der Waals surface area contributed by atoms with Crippen LogP contribution >= 0.6 is 11.3 Å². The predicted octanol–water partition coefficient (Wildman–Crippen LogP) is 1.72. The van der Waals surface area contributed by atoms with E-state index in [1.165, 1.54) is 18.0 Å². The minimum Gasteiger partial charge on any atom is -0.352 e. The topological polar surface area (TPSA) is 93.2 Å². The largest absolute Gasteiger partial charge is 0.435 e. The van der Waals surface area contributed by atoms with Crippen LogP contribution in [0.3, 0.4) is 0 Å². The number of aryl methyl sites for hydroxylation is 1. The molecule has 1 fully saturated rings. The Morgan fingerprint density at radius 1 is 1.41 bits per heavy atom. The van der Waals surface area contributed by atoms with Crippen LogP contribution < -0.4 is 11.1 Å². The Hall–Kier alpha value is -2.14. The van der Waals surface area contributed by atoms with E-state index in [0.29, 0.717) is 6.42 Å². The van der Waals surface area contributed by atoms with Gasteiger partial charge >= 0.3 is 6.18 Å². The van der Waals surface area contributed by atoms with Crippen molar-refractivity contribution >= 4 is 33.4 Å². The first-order chi connectivity index (χ1) is 12.5. The van der Waals surface area contributed by atoms with Crippen molar-refractivity contribution in [3.8, 4) is 0 Å². The summed E-state index contributed by atoms with van der Waals surface area (Å²) < 4.78 is 40.6. The van der Waals surface area contributed by atoms with E-state index in [-0.39, 0.29) is 39.6 Å². The van der Waals surface area contributed by atoms with Gasteiger partial charge in [0.25, 0.3) is 5.91 Å². The molecule has 0 aromatic carbocycles. The molecule has 27 heavy (non-hydrogen) atoms. The van der Waals surface area contributed by atoms with E-state index in [9.17, 15) is 22.8 Å². The third kappa shape index (κ3) is 3.65. The molecule has 2 amide bonds. The Kier molecular flexibility index (Phi) is 4.93. The number of alkyl halides is 3. The summed E-state index contributed by atoms with van der Waals surface area (Å²) in [5.41, 5.74) is 4.90. The van der Waals surface area contributed by atoms with Gasteiger partial charge in [0.1, 0.15) is 10.9 Å². The number of hydrogen-bond acceptors (Lipinski definition) is 5. The smallest absolute Gasteiger partial charge is 0.352 e. The van der Waals surface area contributed by atoms with Crippen LogP contribution in [-0.2, 0) is 18.0 Å². The quantitative estimate of drug-likeness (QED) is 0.816. The Balaban J connectivity index is 1.94. The number of fused-ring (bicyclic) bond motifs is 1. The maximum Gasteiger partial charge on any atom is 0.435 e. The molecule has 3 N–H and O–H groups in total. The molecule has 0 bridgehead atoms. The van der Waals surface area contributed by atoms with Crippen molar-refractivity contribution in [3.63, 3.8) is 0 Å². The second-order valence-corrected chi connectivity index (χ2v) is 7.96. The average Bonchev–Trinajstić information content (AvgIpc) is 3.20. The summed E-state index contributed by atoms with van der Waals surface area (Å²) >= 11 is 0.921. The summed E-state index contributed by atoms with van der Waals surface area (Å²) in [6.45, 7) is 3.78. The summed E-state index contributed by atoms with van der Waals surface area (Å²) in [5, 5.41) is 6.13. The van der Waals surface area contributed by atoms with Crippen LogP contribution in [0.4, 0.5) is 13.2 Å². The third-order valence-electron chi connectivity index (χ3n) is 4.32. The standard InChI is InChI=1S/C16H20F3N5O2S/c1-7(2)21-13(25)10-4-8(20)6-24(10)14(26)11-5-9-12(16(17,18)19)22-23(3)15(9)27-11/h5,7-8,10H,4,6,20H2,1-3H3,(H,21,25)/t8-,10-/m0/s1. The second kappa shape index (κ2) is 6.79. The zero-order chi connectivity index (χ0) is 20.1. The zero-order valence-corrected chi connectivity index (χ0v) is 15.8. The van der Waals surface area contributed by atoms with Crippen LogP contribution in [0.1, 0.15) is 35.6 Å². The molecule has 1 saturated heterocycles. The number of carbonyl (C=O) groups is 2. The summed E-state index contributed by atoms with van der Waals surface area (Å²) in [6.07, 6.45) is -4.30. The Labute approximate surface area is 157 Å². The summed E-state index contributed by atoms with van der Waals surface area (Å²) in [7, 11) is 1.40. The Morgan fingerprint density at radius 3 is 2.67 bits per heavy atom. The van der Waals surface area contributed by atoms with Crippen LogP contribution in [0.15, 0.2) is 6.07 Å². The third-order valence-corrected chi connectivity index (χ3v) is 5.51. The normalized spacial score (nSPS) is 20.7. The fourth-order valence-electron chi connectivity index (χ4n) is 3.22. The molecule has 11 heteroatoms. The first-order valence-electron chi connectivity index (χ1n) is 8.39. The van der Waals surface area contributed by atoms with Gasteiger partial charge in [0.15, 0.2) is 5.69 Å². The summed E-state index contributed by atoms with van der Waals surface area (Å²) in [5.74, 6) is -0.814. The molecule has 1 aliphatic heterocycles. The van der Waals surface area contributed by atoms with E-state index in [4.69, 9.17) is 5.73 Å². The summed E-state index contributed by atoms with van der Waals surface area (Å²) in [4.78, 5) is 27.0. The number of carbonyl (C=O) groups excluding carboxylic acids is 2. The molecule has 7 nitrogen and oxygen atoms in total. The molecule has 3 rings (SSSR count). The number of halogens is 3. The molecule has 3 heterocycles. The van der Waals surface area contributed by atoms with Gasteiger partial charge in [-0.1, -0.05) is 0 Å². The van der Waals surface area contributed by atoms with Crippen molar-refractivity contribution in [2.45, 2.75) is 44.6 Å². The van der Waals surface area contributed by atoms with Crippen LogP contribution in [0.5, 0.6) is 0 Å². The molecule has 148 valence electrons. The van der Waals surface area contributed by atoms with Crippen molar-refractivity contribution in [1.29, 1.82) is 0 Å². The minimum atomic E-state index is -4.61. The number of likely N-dealkylation sites (tertiary alicyclic amines) is 1. The molecule has 2 aromatic rings. The van der Waals surface area contributed by atoms with Crippen LogP contribution in [0.25, 0.3) is 10.2 Å². The highest BCUT2D eigenvalue weighted by atomic mass is 32.1. The first-order valence-corrected chi connectivity index (χ1v) is 9.21. The maximum absolute atomic E-state index is 13.1. The maximum atomic E-state index is 13.1. The lowest BCUT2D eigenvalue weighted by molar-refractivity contribution is -0.140. The van der Waals surface area contributed by atoms with Crippen molar-refractivity contribution in [2.24, 2.45) is 12.8 Å². The lowest BCUT2D eigenvalue weighted by Gasteiger charge is -2.24. The van der Waals surface area contributed by atoms with Gasteiger partial charge in [-0.25, -0.2) is 0 Å². The molecule has 1 aliphatic rings. The number of hydrogen-bond donors (Lipinski definition) is 2. The highest BCUT2D eigenvalue weighted by Crippen LogP contribution is 2.38. The fraction of sp³-hybridized carbons (Fsp3) is 0.562. The molecular formula is C16H20F3N5O2S. The highest BCUT2D eigenvalue weighted by molar-refractivity contribution is 7.20. The van der Waals surface area contributed by atoms with Crippen LogP contribution in [0, 0.1) is 0 Å². The average molecular weight is 403 g/mol. The molecule has 2 atom stereocenters. The SMILES string of the molecule is CC(C)NC(=O)[C@@H]1C[C@H](N)CN1C(=O)c1cc2c(C(F)(F)F)nn(C)c2s1. The molecule has 0 unspecified atom stereocenters. The number of aromatic nitrogens is 2. The first kappa shape index (κ1) is 19.6. The number of amides is 2. The predicted molar refractivity (Wildman–Crippen MR) is 94.3 cm³/mol. The monoisotopic (exact) mass is 403 g/mol. The molecule has 2 aromatic heterocycles. The molecule has 0 spiro atoms. The van der Waals surface area contributed by atoms with Crippen molar-refractivity contribution < 1.29 is 22.8 Å². The highest BCUT2D eigenvalue weighted by Gasteiger charge is 2.41. The molecule has 0 radical (unpaired) electrons. The van der Waals surface area contributed by atoms with E-state index in [1.807, 2.05) is 0 Å². The van der Waals surface area contributed by atoms with Crippen molar-refractivity contribution in [1.82, 2.24) is 20.0 Å². The second-order valence-electron chi connectivity index (χ2n) is 6.93. The van der Waals surface area contributed by atoms with E-state index in [0.717, 1.165) is 16.0 Å². The van der Waals surface area contributed by atoms with Gasteiger partial charge in [-0.05, 0) is 26.3 Å². The fourth-order valence-corrected chi connectivity index (χ4v) is 4.25. The van der Waals surface area contributed by atoms with Gasteiger partial charge in [0.05, 0.1) is 4.88 Å². The minimum absolute atomic E-state index is 0.101. The van der Waals surface area contributed by atoms with E-state index in [2.05, 4.69) is 10.4 Å². The lowest BCUT2D eigenvalue weighted by atomic mass is 10.1. The number of nitrogens with two attached hydrogens (primary N) is 1. The van der Waals surface area contributed by atoms with Gasteiger partial charge in [-0.15, -0.1) is 11.3 Å². The number of thiophene rings is 1. The van der Waals surface area contributed by atoms with E-state index in [1.54, 1.807) is 13.8 Å². The van der Waals surface area contributed by atoms with Gasteiger partial charge in [0, 0.05) is 31.1 Å². The van der Waals surface area contributed by atoms with Crippen LogP contribution in [0.2, 0.25) is 0 Å². The van der Waals surface area contributed by atoms with Gasteiger partial charge in [-0.3, -0.25) is 14.3 Å². The number of nitrogens with one attached hydrogen (secondary N) is 1. The Bertz CT molecular complexity index is 889. The molecular weight excluding hydrogens is 383 g/mol. The van der Waals surface area contributed by atoms with Crippen molar-refractivity contribution in [3.05, 3.63) is 16.6 Å². The van der Waals surface area contributed by atoms with Gasteiger partial charge in [0.2, 0.25) is 5.91 Å². The molecule has 0 saturated carbocycles. The Morgan fingerprint density at radius 2 is 2.07 bits per heavy atom. The molecule has 0 aliphatic carbocycles. The zero-order valence-electron chi connectivity index (χ0n) is 15.0. The van der Waals surface area contributed by atoms with Gasteiger partial charge < -0.3 is 16.0 Å². The van der Waals surface area contributed by atoms with Crippen LogP contribution in [-0.4, -0.2) is 51.2 Å². The number of rotatable bonds is 3. The van der Waals surface area contributed by atoms with Gasteiger partial charge in [-0.2, -0.15) is 18.3 Å². The lowest BCUT2D eigenvalue weighted by Crippen LogP contribution is -2.47.